The molecule has 2 rings (SSSR count). The van der Waals surface area contributed by atoms with Crippen LogP contribution in [0.5, 0.6) is 11.5 Å². The monoisotopic (exact) mass is 207 g/mol. The van der Waals surface area contributed by atoms with Crippen LogP contribution >= 0.6 is 0 Å². The van der Waals surface area contributed by atoms with Gasteiger partial charge in [0.05, 0.1) is 18.1 Å². The Bertz CT molecular complexity index is 439. The van der Waals surface area contributed by atoms with Gasteiger partial charge >= 0.3 is 5.69 Å². The number of nitrogens with zero attached hydrogens (tertiary/aromatic N) is 1. The normalized spacial score (nSPS) is 12.9. The zero-order chi connectivity index (χ0) is 10.8. The molecular formula is C10H9NO4. The Morgan fingerprint density at radius 1 is 1.53 bits per heavy atom. The number of hydrogen-bond donors (Lipinski definition) is 0. The maximum absolute atomic E-state index is 10.7. The third-order valence-electron chi connectivity index (χ3n) is 2.14. The third-order valence-corrected chi connectivity index (χ3v) is 2.14. The van der Waals surface area contributed by atoms with Crippen molar-refractivity contribution in [2.24, 2.45) is 0 Å². The van der Waals surface area contributed by atoms with Gasteiger partial charge in [-0.3, -0.25) is 10.1 Å². The summed E-state index contributed by atoms with van der Waals surface area (Å²) in [7, 11) is 1.40. The first-order valence-electron chi connectivity index (χ1n) is 4.38. The first-order valence-corrected chi connectivity index (χ1v) is 4.38. The van der Waals surface area contributed by atoms with E-state index >= 15 is 0 Å². The van der Waals surface area contributed by atoms with Crippen molar-refractivity contribution in [1.29, 1.82) is 0 Å². The van der Waals surface area contributed by atoms with Crippen LogP contribution in [0.3, 0.4) is 0 Å². The van der Waals surface area contributed by atoms with Gasteiger partial charge in [0.2, 0.25) is 0 Å². The molecule has 0 N–H and O–H groups in total. The zero-order valence-corrected chi connectivity index (χ0v) is 8.10. The van der Waals surface area contributed by atoms with Crippen LogP contribution in [0.2, 0.25) is 0 Å². The number of hydrogen-bond acceptors (Lipinski definition) is 4. The highest BCUT2D eigenvalue weighted by Gasteiger charge is 2.19. The number of ether oxygens (including phenoxy) is 2. The van der Waals surface area contributed by atoms with Gasteiger partial charge in [0, 0.05) is 5.56 Å². The number of rotatable bonds is 2. The lowest BCUT2D eigenvalue weighted by molar-refractivity contribution is -0.385. The molecule has 0 unspecified atom stereocenters. The van der Waals surface area contributed by atoms with Crippen LogP contribution in [0.4, 0.5) is 5.69 Å². The summed E-state index contributed by atoms with van der Waals surface area (Å²) in [6.45, 7) is 0.441. The van der Waals surface area contributed by atoms with E-state index in [1.165, 1.54) is 13.2 Å². The first-order chi connectivity index (χ1) is 7.22. The maximum atomic E-state index is 10.7. The SMILES string of the molecule is COc1cc2c(cc1[N+](=O)[O-])OCC=C2. The van der Waals surface area contributed by atoms with Crippen LogP contribution in [0, 0.1) is 10.1 Å². The number of fused-ring (bicyclic) bond motifs is 1. The van der Waals surface area contributed by atoms with E-state index in [9.17, 15) is 10.1 Å². The quantitative estimate of drug-likeness (QED) is 0.549. The van der Waals surface area contributed by atoms with Gasteiger partial charge in [-0.15, -0.1) is 0 Å². The summed E-state index contributed by atoms with van der Waals surface area (Å²) in [6.07, 6.45) is 3.69. The summed E-state index contributed by atoms with van der Waals surface area (Å²) in [6, 6.07) is 2.99. The number of methoxy groups -OCH3 is 1. The van der Waals surface area contributed by atoms with Gasteiger partial charge in [-0.1, -0.05) is 6.08 Å². The predicted molar refractivity (Wildman–Crippen MR) is 54.2 cm³/mol. The molecule has 15 heavy (non-hydrogen) atoms. The largest absolute Gasteiger partial charge is 0.490 e. The molecule has 0 amide bonds. The summed E-state index contributed by atoms with van der Waals surface area (Å²) in [4.78, 5) is 10.2. The molecule has 0 radical (unpaired) electrons. The summed E-state index contributed by atoms with van der Waals surface area (Å²) in [5.74, 6) is 0.763. The Balaban J connectivity index is 2.57. The van der Waals surface area contributed by atoms with Gasteiger partial charge in [0.1, 0.15) is 12.4 Å². The number of benzene rings is 1. The summed E-state index contributed by atoms with van der Waals surface area (Å²) in [5.41, 5.74) is 0.718. The Kier molecular flexibility index (Phi) is 2.29. The second kappa shape index (κ2) is 3.61. The second-order valence-corrected chi connectivity index (χ2v) is 3.03. The molecule has 1 aliphatic rings. The van der Waals surface area contributed by atoms with Crippen molar-refractivity contribution < 1.29 is 14.4 Å². The van der Waals surface area contributed by atoms with Crippen molar-refractivity contribution >= 4 is 11.8 Å². The Morgan fingerprint density at radius 3 is 3.00 bits per heavy atom. The van der Waals surface area contributed by atoms with E-state index in [-0.39, 0.29) is 11.4 Å². The standard InChI is InChI=1S/C10H9NO4/c1-14-10-5-7-3-2-4-15-9(7)6-8(10)11(12)13/h2-3,5-6H,4H2,1H3. The van der Waals surface area contributed by atoms with Gasteiger partial charge < -0.3 is 9.47 Å². The Hall–Kier alpha value is -2.04. The predicted octanol–water partition coefficient (Wildman–Crippen LogP) is 2.01. The van der Waals surface area contributed by atoms with Gasteiger partial charge in [-0.25, -0.2) is 0 Å². The summed E-state index contributed by atoms with van der Waals surface area (Å²) < 4.78 is 10.2. The Morgan fingerprint density at radius 2 is 2.33 bits per heavy atom. The summed E-state index contributed by atoms with van der Waals surface area (Å²) in [5, 5.41) is 10.7. The smallest absolute Gasteiger partial charge is 0.314 e. The molecule has 0 saturated heterocycles. The van der Waals surface area contributed by atoms with Crippen molar-refractivity contribution in [3.63, 3.8) is 0 Å². The van der Waals surface area contributed by atoms with Crippen molar-refractivity contribution in [2.45, 2.75) is 0 Å². The third kappa shape index (κ3) is 1.63. The van der Waals surface area contributed by atoms with Gasteiger partial charge in [0.25, 0.3) is 0 Å². The molecule has 0 fully saturated rings. The van der Waals surface area contributed by atoms with Crippen molar-refractivity contribution in [2.75, 3.05) is 13.7 Å². The van der Waals surface area contributed by atoms with E-state index in [2.05, 4.69) is 0 Å². The molecule has 0 aromatic heterocycles. The van der Waals surface area contributed by atoms with E-state index in [0.29, 0.717) is 12.4 Å². The lowest BCUT2D eigenvalue weighted by Crippen LogP contribution is -2.02. The van der Waals surface area contributed by atoms with Crippen LogP contribution < -0.4 is 9.47 Å². The van der Waals surface area contributed by atoms with Gasteiger partial charge in [0.15, 0.2) is 5.75 Å². The molecule has 1 aliphatic heterocycles. The van der Waals surface area contributed by atoms with E-state index in [4.69, 9.17) is 9.47 Å². The lowest BCUT2D eigenvalue weighted by atomic mass is 10.1. The molecule has 1 aromatic carbocycles. The second-order valence-electron chi connectivity index (χ2n) is 3.03. The average molecular weight is 207 g/mol. The number of nitro groups is 1. The molecule has 0 atom stereocenters. The van der Waals surface area contributed by atoms with Gasteiger partial charge in [-0.05, 0) is 12.1 Å². The van der Waals surface area contributed by atoms with Crippen LogP contribution in [0.25, 0.3) is 6.08 Å². The minimum Gasteiger partial charge on any atom is -0.490 e. The zero-order valence-electron chi connectivity index (χ0n) is 8.10. The summed E-state index contributed by atoms with van der Waals surface area (Å²) >= 11 is 0. The lowest BCUT2D eigenvalue weighted by Gasteiger charge is -2.13. The van der Waals surface area contributed by atoms with E-state index in [1.807, 2.05) is 12.2 Å². The van der Waals surface area contributed by atoms with Crippen LogP contribution in [-0.4, -0.2) is 18.6 Å². The molecule has 0 aliphatic carbocycles. The molecule has 0 bridgehead atoms. The minimum absolute atomic E-state index is 0.0773. The average Bonchev–Trinajstić information content (AvgIpc) is 2.27. The topological polar surface area (TPSA) is 61.6 Å². The maximum Gasteiger partial charge on any atom is 0.314 e. The Labute approximate surface area is 86.1 Å². The van der Waals surface area contributed by atoms with Gasteiger partial charge in [-0.2, -0.15) is 0 Å². The molecule has 1 aromatic rings. The van der Waals surface area contributed by atoms with Crippen LogP contribution in [0.15, 0.2) is 18.2 Å². The van der Waals surface area contributed by atoms with E-state index in [0.717, 1.165) is 5.56 Å². The highest BCUT2D eigenvalue weighted by atomic mass is 16.6. The molecule has 0 spiro atoms. The van der Waals surface area contributed by atoms with Crippen LogP contribution in [-0.2, 0) is 0 Å². The molecule has 0 saturated carbocycles. The fourth-order valence-corrected chi connectivity index (χ4v) is 1.44. The van der Waals surface area contributed by atoms with E-state index in [1.54, 1.807) is 6.07 Å². The molecule has 5 nitrogen and oxygen atoms in total. The molecule has 78 valence electrons. The van der Waals surface area contributed by atoms with Crippen LogP contribution in [0.1, 0.15) is 5.56 Å². The fraction of sp³-hybridized carbons (Fsp3) is 0.200. The highest BCUT2D eigenvalue weighted by molar-refractivity contribution is 5.66. The van der Waals surface area contributed by atoms with Crippen molar-refractivity contribution in [3.8, 4) is 11.5 Å². The number of nitro benzene ring substituents is 1. The van der Waals surface area contributed by atoms with Crippen molar-refractivity contribution in [1.82, 2.24) is 0 Å². The fourth-order valence-electron chi connectivity index (χ4n) is 1.44. The molecule has 5 heteroatoms. The molecule has 1 heterocycles. The van der Waals surface area contributed by atoms with Crippen molar-refractivity contribution in [3.05, 3.63) is 33.9 Å². The minimum atomic E-state index is -0.485. The molecular weight excluding hydrogens is 198 g/mol. The van der Waals surface area contributed by atoms with E-state index < -0.39 is 4.92 Å². The highest BCUT2D eigenvalue weighted by Crippen LogP contribution is 2.36. The first kappa shape index (κ1) is 9.51.